The van der Waals surface area contributed by atoms with Gasteiger partial charge in [0.15, 0.2) is 11.6 Å². The molecule has 0 aromatic heterocycles. The number of rotatable bonds is 4. The molecule has 2 nitrogen and oxygen atoms in total. The summed E-state index contributed by atoms with van der Waals surface area (Å²) < 4.78 is 19.3. The third-order valence-electron chi connectivity index (χ3n) is 2.73. The number of benzene rings is 2. The summed E-state index contributed by atoms with van der Waals surface area (Å²) in [5.74, 6) is -0.561. The first kappa shape index (κ1) is 13.8. The van der Waals surface area contributed by atoms with E-state index >= 15 is 0 Å². The monoisotopic (exact) mass is 280 g/mol. The van der Waals surface area contributed by atoms with Crippen molar-refractivity contribution in [1.82, 2.24) is 0 Å². The Hall–Kier alpha value is -1.58. The van der Waals surface area contributed by atoms with Crippen LogP contribution in [0.25, 0.3) is 0 Å². The lowest BCUT2D eigenvalue weighted by atomic mass is 10.1. The van der Waals surface area contributed by atoms with E-state index in [2.05, 4.69) is 0 Å². The fraction of sp³-hybridized carbons (Fsp3) is 0.200. The van der Waals surface area contributed by atoms with Gasteiger partial charge in [0.05, 0.1) is 11.1 Å². The van der Waals surface area contributed by atoms with Crippen LogP contribution in [0, 0.1) is 5.82 Å². The van der Waals surface area contributed by atoms with Gasteiger partial charge in [0.25, 0.3) is 0 Å². The minimum Gasteiger partial charge on any atom is -0.484 e. The number of aliphatic hydroxyl groups is 1. The molecule has 4 heteroatoms. The van der Waals surface area contributed by atoms with E-state index in [0.717, 1.165) is 5.56 Å². The molecule has 2 aromatic rings. The molecule has 0 aliphatic heterocycles. The van der Waals surface area contributed by atoms with E-state index in [9.17, 15) is 9.50 Å². The lowest BCUT2D eigenvalue weighted by Gasteiger charge is -2.12. The van der Waals surface area contributed by atoms with Crippen molar-refractivity contribution in [3.05, 3.63) is 64.4 Å². The van der Waals surface area contributed by atoms with Gasteiger partial charge in [0, 0.05) is 0 Å². The maximum atomic E-state index is 13.9. The Morgan fingerprint density at radius 2 is 1.95 bits per heavy atom. The number of hydrogen-bond acceptors (Lipinski definition) is 2. The van der Waals surface area contributed by atoms with E-state index in [1.807, 2.05) is 30.3 Å². The van der Waals surface area contributed by atoms with Crippen LogP contribution in [-0.2, 0) is 6.61 Å². The minimum absolute atomic E-state index is 0.00918. The Bertz CT molecular complexity index is 532. The molecule has 0 spiro atoms. The molecule has 2 rings (SSSR count). The average molecular weight is 281 g/mol. The van der Waals surface area contributed by atoms with Gasteiger partial charge in [0.2, 0.25) is 0 Å². The van der Waals surface area contributed by atoms with Crippen molar-refractivity contribution in [2.75, 3.05) is 0 Å². The summed E-state index contributed by atoms with van der Waals surface area (Å²) in [6.45, 7) is 1.79. The Labute approximate surface area is 116 Å². The van der Waals surface area contributed by atoms with E-state index in [4.69, 9.17) is 16.3 Å². The van der Waals surface area contributed by atoms with Crippen LogP contribution >= 0.6 is 11.6 Å². The molecule has 0 aliphatic carbocycles. The lowest BCUT2D eigenvalue weighted by Crippen LogP contribution is -2.00. The van der Waals surface area contributed by atoms with Crippen molar-refractivity contribution in [3.8, 4) is 5.75 Å². The van der Waals surface area contributed by atoms with Crippen LogP contribution in [0.2, 0.25) is 5.02 Å². The van der Waals surface area contributed by atoms with E-state index in [0.29, 0.717) is 5.56 Å². The van der Waals surface area contributed by atoms with Gasteiger partial charge in [-0.2, -0.15) is 0 Å². The van der Waals surface area contributed by atoms with Gasteiger partial charge in [-0.3, -0.25) is 0 Å². The van der Waals surface area contributed by atoms with Crippen molar-refractivity contribution in [2.45, 2.75) is 19.6 Å². The molecule has 0 heterocycles. The summed E-state index contributed by atoms with van der Waals surface area (Å²) >= 11 is 5.97. The van der Waals surface area contributed by atoms with E-state index < -0.39 is 11.9 Å². The Morgan fingerprint density at radius 3 is 2.53 bits per heavy atom. The SMILES string of the molecule is CC(O)c1cc(F)c(OCc2ccccc2)c(Cl)c1. The summed E-state index contributed by atoms with van der Waals surface area (Å²) in [5, 5.41) is 9.56. The predicted molar refractivity (Wildman–Crippen MR) is 72.8 cm³/mol. The normalized spacial score (nSPS) is 12.2. The molecule has 0 amide bonds. The molecule has 0 fully saturated rings. The molecule has 0 aliphatic rings. The van der Waals surface area contributed by atoms with Gasteiger partial charge in [0.1, 0.15) is 6.61 Å². The molecule has 0 saturated heterocycles. The largest absolute Gasteiger partial charge is 0.484 e. The molecule has 1 N–H and O–H groups in total. The molecule has 1 atom stereocenters. The van der Waals surface area contributed by atoms with Crippen LogP contribution in [0.15, 0.2) is 42.5 Å². The fourth-order valence-electron chi connectivity index (χ4n) is 1.69. The first-order chi connectivity index (χ1) is 9.08. The first-order valence-electron chi connectivity index (χ1n) is 5.91. The summed E-state index contributed by atoms with van der Waals surface area (Å²) in [6, 6.07) is 12.2. The molecule has 0 bridgehead atoms. The van der Waals surface area contributed by atoms with Gasteiger partial charge in [-0.05, 0) is 30.2 Å². The Morgan fingerprint density at radius 1 is 1.26 bits per heavy atom. The molecule has 2 aromatic carbocycles. The third-order valence-corrected chi connectivity index (χ3v) is 3.01. The van der Waals surface area contributed by atoms with Gasteiger partial charge >= 0.3 is 0 Å². The van der Waals surface area contributed by atoms with Crippen LogP contribution < -0.4 is 4.74 Å². The molecule has 0 radical (unpaired) electrons. The Kier molecular flexibility index (Phi) is 4.40. The van der Waals surface area contributed by atoms with E-state index in [-0.39, 0.29) is 17.4 Å². The van der Waals surface area contributed by atoms with Crippen molar-refractivity contribution in [2.24, 2.45) is 0 Å². The quantitative estimate of drug-likeness (QED) is 0.913. The van der Waals surface area contributed by atoms with Crippen molar-refractivity contribution >= 4 is 11.6 Å². The Balaban J connectivity index is 2.17. The third kappa shape index (κ3) is 3.46. The number of hydrogen-bond donors (Lipinski definition) is 1. The highest BCUT2D eigenvalue weighted by atomic mass is 35.5. The second-order valence-corrected chi connectivity index (χ2v) is 4.67. The smallest absolute Gasteiger partial charge is 0.174 e. The predicted octanol–water partition coefficient (Wildman–Crippen LogP) is 4.11. The molecule has 100 valence electrons. The van der Waals surface area contributed by atoms with Gasteiger partial charge in [-0.25, -0.2) is 4.39 Å². The fourth-order valence-corrected chi connectivity index (χ4v) is 1.96. The standard InChI is InChI=1S/C15H14ClFO2/c1-10(18)12-7-13(16)15(14(17)8-12)19-9-11-5-3-2-4-6-11/h2-8,10,18H,9H2,1H3. The molecular formula is C15H14ClFO2. The second-order valence-electron chi connectivity index (χ2n) is 4.26. The van der Waals surface area contributed by atoms with Gasteiger partial charge in [-0.15, -0.1) is 0 Å². The van der Waals surface area contributed by atoms with Crippen LogP contribution in [-0.4, -0.2) is 5.11 Å². The molecule has 19 heavy (non-hydrogen) atoms. The van der Waals surface area contributed by atoms with Crippen LogP contribution in [0.5, 0.6) is 5.75 Å². The van der Waals surface area contributed by atoms with Crippen molar-refractivity contribution in [1.29, 1.82) is 0 Å². The number of ether oxygens (including phenoxy) is 1. The highest BCUT2D eigenvalue weighted by molar-refractivity contribution is 6.32. The summed E-state index contributed by atoms with van der Waals surface area (Å²) in [6.07, 6.45) is -0.768. The van der Waals surface area contributed by atoms with Crippen LogP contribution in [0.4, 0.5) is 4.39 Å². The maximum absolute atomic E-state index is 13.9. The van der Waals surface area contributed by atoms with Gasteiger partial charge < -0.3 is 9.84 Å². The molecule has 0 saturated carbocycles. The van der Waals surface area contributed by atoms with Crippen LogP contribution in [0.1, 0.15) is 24.2 Å². The van der Waals surface area contributed by atoms with E-state index in [1.54, 1.807) is 6.92 Å². The first-order valence-corrected chi connectivity index (χ1v) is 6.29. The van der Waals surface area contributed by atoms with Crippen molar-refractivity contribution < 1.29 is 14.2 Å². The zero-order valence-corrected chi connectivity index (χ0v) is 11.2. The maximum Gasteiger partial charge on any atom is 0.174 e. The summed E-state index contributed by atoms with van der Waals surface area (Å²) in [5.41, 5.74) is 1.35. The second kappa shape index (κ2) is 6.04. The van der Waals surface area contributed by atoms with Crippen molar-refractivity contribution in [3.63, 3.8) is 0 Å². The summed E-state index contributed by atoms with van der Waals surface area (Å²) in [4.78, 5) is 0. The minimum atomic E-state index is -0.768. The summed E-state index contributed by atoms with van der Waals surface area (Å²) in [7, 11) is 0. The highest BCUT2D eigenvalue weighted by Crippen LogP contribution is 2.31. The highest BCUT2D eigenvalue weighted by Gasteiger charge is 2.13. The number of aliphatic hydroxyl groups excluding tert-OH is 1. The van der Waals surface area contributed by atoms with Gasteiger partial charge in [-0.1, -0.05) is 41.9 Å². The van der Waals surface area contributed by atoms with Crippen LogP contribution in [0.3, 0.4) is 0 Å². The zero-order chi connectivity index (χ0) is 13.8. The lowest BCUT2D eigenvalue weighted by molar-refractivity contribution is 0.198. The topological polar surface area (TPSA) is 29.5 Å². The molecular weight excluding hydrogens is 267 g/mol. The van der Waals surface area contributed by atoms with E-state index in [1.165, 1.54) is 12.1 Å². The average Bonchev–Trinajstić information content (AvgIpc) is 2.38. The molecule has 1 unspecified atom stereocenters. The number of halogens is 2. The zero-order valence-electron chi connectivity index (χ0n) is 10.4.